The van der Waals surface area contributed by atoms with Crippen LogP contribution in [0.1, 0.15) is 63.4 Å². The van der Waals surface area contributed by atoms with Crippen molar-refractivity contribution in [2.75, 3.05) is 6.61 Å². The highest BCUT2D eigenvalue weighted by Crippen LogP contribution is 2.56. The number of hydrogen-bond donors (Lipinski definition) is 0. The summed E-state index contributed by atoms with van der Waals surface area (Å²) >= 11 is 0. The fourth-order valence-corrected chi connectivity index (χ4v) is 5.03. The van der Waals surface area contributed by atoms with E-state index in [4.69, 9.17) is 4.74 Å². The van der Waals surface area contributed by atoms with Gasteiger partial charge in [-0.05, 0) is 67.4 Å². The van der Waals surface area contributed by atoms with E-state index in [0.717, 1.165) is 12.3 Å². The Bertz CT molecular complexity index is 583. The Balaban J connectivity index is 1.76. The van der Waals surface area contributed by atoms with Crippen LogP contribution < -0.4 is 4.74 Å². The summed E-state index contributed by atoms with van der Waals surface area (Å²) in [4.78, 5) is 0. The van der Waals surface area contributed by atoms with E-state index in [-0.39, 0.29) is 11.7 Å². The maximum atomic E-state index is 14.7. The van der Waals surface area contributed by atoms with Gasteiger partial charge in [0.05, 0.1) is 6.61 Å². The Morgan fingerprint density at radius 3 is 2.67 bits per heavy atom. The highest BCUT2D eigenvalue weighted by molar-refractivity contribution is 5.34. The van der Waals surface area contributed by atoms with Gasteiger partial charge in [0.15, 0.2) is 11.6 Å². The van der Waals surface area contributed by atoms with Crippen molar-refractivity contribution >= 4 is 0 Å². The van der Waals surface area contributed by atoms with Crippen molar-refractivity contribution in [3.63, 3.8) is 0 Å². The molecule has 0 spiro atoms. The second-order valence-corrected chi connectivity index (χ2v) is 7.34. The third-order valence-corrected chi connectivity index (χ3v) is 6.07. The van der Waals surface area contributed by atoms with E-state index < -0.39 is 11.6 Å². The first-order chi connectivity index (χ1) is 11.7. The third kappa shape index (κ3) is 3.22. The topological polar surface area (TPSA) is 9.23 Å². The molecule has 0 aromatic heterocycles. The minimum Gasteiger partial charge on any atom is -0.490 e. The van der Waals surface area contributed by atoms with Gasteiger partial charge < -0.3 is 4.74 Å². The van der Waals surface area contributed by atoms with Crippen LogP contribution in [0.4, 0.5) is 8.78 Å². The largest absolute Gasteiger partial charge is 0.490 e. The lowest BCUT2D eigenvalue weighted by Crippen LogP contribution is -2.13. The van der Waals surface area contributed by atoms with E-state index in [9.17, 15) is 8.78 Å². The van der Waals surface area contributed by atoms with Crippen molar-refractivity contribution in [3.8, 4) is 5.75 Å². The van der Waals surface area contributed by atoms with Crippen molar-refractivity contribution in [1.82, 2.24) is 0 Å². The summed E-state index contributed by atoms with van der Waals surface area (Å²) in [5.74, 6) is 0.693. The van der Waals surface area contributed by atoms with Gasteiger partial charge in [-0.15, -0.1) is 6.58 Å². The van der Waals surface area contributed by atoms with Crippen molar-refractivity contribution in [2.24, 2.45) is 17.8 Å². The molecule has 1 aromatic rings. The normalized spacial score (nSPS) is 28.8. The molecule has 3 heteroatoms. The van der Waals surface area contributed by atoms with Crippen LogP contribution in [0.3, 0.4) is 0 Å². The van der Waals surface area contributed by atoms with Gasteiger partial charge in [-0.3, -0.25) is 0 Å². The van der Waals surface area contributed by atoms with Crippen molar-refractivity contribution in [3.05, 3.63) is 42.0 Å². The zero-order valence-electron chi connectivity index (χ0n) is 14.6. The average Bonchev–Trinajstić information content (AvgIpc) is 3.16. The maximum absolute atomic E-state index is 14.7. The maximum Gasteiger partial charge on any atom is 0.200 e. The number of hydrogen-bond acceptors (Lipinski definition) is 1. The van der Waals surface area contributed by atoms with Crippen LogP contribution in [0.5, 0.6) is 5.75 Å². The van der Waals surface area contributed by atoms with E-state index in [1.807, 2.05) is 0 Å². The van der Waals surface area contributed by atoms with Crippen molar-refractivity contribution < 1.29 is 13.5 Å². The first-order valence-electron chi connectivity index (χ1n) is 9.38. The Kier molecular flexibility index (Phi) is 5.57. The smallest absolute Gasteiger partial charge is 0.200 e. The van der Waals surface area contributed by atoms with Gasteiger partial charge in [0.1, 0.15) is 0 Å². The average molecular weight is 334 g/mol. The lowest BCUT2D eigenvalue weighted by atomic mass is 9.84. The fourth-order valence-electron chi connectivity index (χ4n) is 5.03. The van der Waals surface area contributed by atoms with Gasteiger partial charge >= 0.3 is 0 Å². The Morgan fingerprint density at radius 1 is 1.12 bits per heavy atom. The van der Waals surface area contributed by atoms with Gasteiger partial charge in [0.25, 0.3) is 0 Å². The van der Waals surface area contributed by atoms with Gasteiger partial charge in [-0.25, -0.2) is 4.39 Å². The molecule has 2 aliphatic carbocycles. The van der Waals surface area contributed by atoms with Crippen LogP contribution in [0.25, 0.3) is 0 Å². The molecule has 0 radical (unpaired) electrons. The lowest BCUT2D eigenvalue weighted by Gasteiger charge is -2.22. The third-order valence-electron chi connectivity index (χ3n) is 6.07. The molecule has 2 saturated carbocycles. The fraction of sp³-hybridized carbons (Fsp3) is 0.619. The molecule has 1 aromatic carbocycles. The van der Waals surface area contributed by atoms with Crippen LogP contribution in [0, 0.1) is 29.4 Å². The van der Waals surface area contributed by atoms with Crippen molar-refractivity contribution in [2.45, 2.75) is 57.8 Å². The van der Waals surface area contributed by atoms with Gasteiger partial charge in [0, 0.05) is 0 Å². The van der Waals surface area contributed by atoms with E-state index in [2.05, 4.69) is 13.5 Å². The number of rotatable bonds is 7. The highest BCUT2D eigenvalue weighted by Gasteiger charge is 2.45. The van der Waals surface area contributed by atoms with Crippen LogP contribution >= 0.6 is 0 Å². The van der Waals surface area contributed by atoms with E-state index in [0.29, 0.717) is 30.4 Å². The van der Waals surface area contributed by atoms with E-state index in [1.54, 1.807) is 18.2 Å². The SMILES string of the molecule is C=CCCOc1ccc(C2CCC3C(CCC)CCC23)c(F)c1F. The monoisotopic (exact) mass is 334 g/mol. The predicted octanol–water partition coefficient (Wildman–Crippen LogP) is 6.24. The Morgan fingerprint density at radius 2 is 1.92 bits per heavy atom. The van der Waals surface area contributed by atoms with Gasteiger partial charge in [0.2, 0.25) is 5.82 Å². The summed E-state index contributed by atoms with van der Waals surface area (Å²) < 4.78 is 34.3. The van der Waals surface area contributed by atoms with Crippen LogP contribution in [0.2, 0.25) is 0 Å². The standard InChI is InChI=1S/C21H28F2O/c1-3-5-13-24-19-12-11-18(20(22)21(19)23)17-10-9-15-14(6-4-2)7-8-16(15)17/h3,11-12,14-17H,1,4-10,13H2,2H3. The first-order valence-corrected chi connectivity index (χ1v) is 9.38. The summed E-state index contributed by atoms with van der Waals surface area (Å²) in [7, 11) is 0. The molecule has 0 heterocycles. The number of fused-ring (bicyclic) bond motifs is 1. The summed E-state index contributed by atoms with van der Waals surface area (Å²) in [6.45, 7) is 6.16. The summed E-state index contributed by atoms with van der Waals surface area (Å²) in [6.07, 6.45) is 9.40. The van der Waals surface area contributed by atoms with Gasteiger partial charge in [-0.1, -0.05) is 31.9 Å². The number of benzene rings is 1. The molecular formula is C21H28F2O. The zero-order valence-corrected chi connectivity index (χ0v) is 14.6. The summed E-state index contributed by atoms with van der Waals surface area (Å²) in [5.41, 5.74) is 0.563. The second-order valence-electron chi connectivity index (χ2n) is 7.34. The van der Waals surface area contributed by atoms with E-state index in [1.165, 1.54) is 32.1 Å². The first kappa shape index (κ1) is 17.4. The quantitative estimate of drug-likeness (QED) is 0.423. The minimum atomic E-state index is -0.830. The minimum absolute atomic E-state index is 0.0166. The molecule has 2 fully saturated rings. The second kappa shape index (κ2) is 7.67. The zero-order chi connectivity index (χ0) is 17.1. The van der Waals surface area contributed by atoms with E-state index >= 15 is 0 Å². The molecule has 24 heavy (non-hydrogen) atoms. The Hall–Kier alpha value is -1.38. The van der Waals surface area contributed by atoms with Crippen LogP contribution in [-0.2, 0) is 0 Å². The van der Waals surface area contributed by atoms with Crippen molar-refractivity contribution in [1.29, 1.82) is 0 Å². The Labute approximate surface area is 144 Å². The molecule has 0 saturated heterocycles. The van der Waals surface area contributed by atoms with Crippen LogP contribution in [0.15, 0.2) is 24.8 Å². The molecule has 0 amide bonds. The molecule has 2 aliphatic rings. The predicted molar refractivity (Wildman–Crippen MR) is 93.3 cm³/mol. The lowest BCUT2D eigenvalue weighted by molar-refractivity contribution is 0.298. The molecule has 0 bridgehead atoms. The molecule has 0 aliphatic heterocycles. The molecule has 4 atom stereocenters. The molecular weight excluding hydrogens is 306 g/mol. The molecule has 4 unspecified atom stereocenters. The summed E-state index contributed by atoms with van der Waals surface area (Å²) in [6, 6.07) is 3.35. The molecule has 1 nitrogen and oxygen atoms in total. The number of halogens is 2. The molecule has 132 valence electrons. The molecule has 0 N–H and O–H groups in total. The van der Waals surface area contributed by atoms with Crippen LogP contribution in [-0.4, -0.2) is 6.61 Å². The summed E-state index contributed by atoms with van der Waals surface area (Å²) in [5, 5.41) is 0. The number of ether oxygens (including phenoxy) is 1. The highest BCUT2D eigenvalue weighted by atomic mass is 19.2. The van der Waals surface area contributed by atoms with Gasteiger partial charge in [-0.2, -0.15) is 4.39 Å². The molecule has 3 rings (SSSR count).